The molecule has 2 heterocycles. The number of benzene rings is 3. The van der Waals surface area contributed by atoms with Crippen LogP contribution in [-0.4, -0.2) is 10.9 Å². The summed E-state index contributed by atoms with van der Waals surface area (Å²) in [7, 11) is 0. The summed E-state index contributed by atoms with van der Waals surface area (Å²) in [6, 6.07) is 20.2. The summed E-state index contributed by atoms with van der Waals surface area (Å²) in [5.41, 5.74) is 4.32. The van der Waals surface area contributed by atoms with E-state index < -0.39 is 0 Å². The van der Waals surface area contributed by atoms with E-state index in [0.29, 0.717) is 33.3 Å². The Hall–Kier alpha value is -3.57. The summed E-state index contributed by atoms with van der Waals surface area (Å²) in [5.74, 6) is 0.402. The number of amides is 1. The highest BCUT2D eigenvalue weighted by Crippen LogP contribution is 2.29. The standard InChI is InChI=1S/C23H15ClN2O3/c1-13-6-7-15(10-17(13)24)23-26-18-12-16(8-9-20(18)29-23)25-22(27)21-11-14-4-2-3-5-19(14)28-21/h2-12H,1H3,(H,25,27). The van der Waals surface area contributed by atoms with Crippen molar-refractivity contribution in [2.24, 2.45) is 0 Å². The number of furan rings is 1. The molecule has 0 saturated carbocycles. The highest BCUT2D eigenvalue weighted by Gasteiger charge is 2.14. The number of fused-ring (bicyclic) bond motifs is 2. The average Bonchev–Trinajstić information content (AvgIpc) is 3.33. The van der Waals surface area contributed by atoms with Gasteiger partial charge >= 0.3 is 0 Å². The minimum absolute atomic E-state index is 0.251. The molecule has 0 aliphatic carbocycles. The fourth-order valence-electron chi connectivity index (χ4n) is 3.14. The number of halogens is 1. The Morgan fingerprint density at radius 3 is 2.66 bits per heavy atom. The maximum absolute atomic E-state index is 12.6. The molecule has 5 nitrogen and oxygen atoms in total. The molecule has 0 atom stereocenters. The lowest BCUT2D eigenvalue weighted by molar-refractivity contribution is 0.0998. The fraction of sp³-hybridized carbons (Fsp3) is 0.0435. The van der Waals surface area contributed by atoms with Crippen LogP contribution in [-0.2, 0) is 0 Å². The lowest BCUT2D eigenvalue weighted by Gasteiger charge is -2.02. The molecule has 0 aliphatic heterocycles. The molecule has 6 heteroatoms. The van der Waals surface area contributed by atoms with Crippen LogP contribution in [0.2, 0.25) is 5.02 Å². The highest BCUT2D eigenvalue weighted by molar-refractivity contribution is 6.31. The smallest absolute Gasteiger partial charge is 0.291 e. The molecular formula is C23H15ClN2O3. The van der Waals surface area contributed by atoms with Crippen LogP contribution in [0.4, 0.5) is 5.69 Å². The van der Waals surface area contributed by atoms with Gasteiger partial charge in [-0.3, -0.25) is 4.79 Å². The van der Waals surface area contributed by atoms with Crippen molar-refractivity contribution in [3.05, 3.63) is 83.1 Å². The van der Waals surface area contributed by atoms with Crippen molar-refractivity contribution >= 4 is 45.3 Å². The van der Waals surface area contributed by atoms with Crippen molar-refractivity contribution in [3.8, 4) is 11.5 Å². The Labute approximate surface area is 170 Å². The number of hydrogen-bond acceptors (Lipinski definition) is 4. The van der Waals surface area contributed by atoms with Crippen molar-refractivity contribution < 1.29 is 13.6 Å². The van der Waals surface area contributed by atoms with Crippen molar-refractivity contribution in [1.82, 2.24) is 4.98 Å². The van der Waals surface area contributed by atoms with Crippen LogP contribution in [0.5, 0.6) is 0 Å². The molecular weight excluding hydrogens is 388 g/mol. The van der Waals surface area contributed by atoms with E-state index in [1.165, 1.54) is 0 Å². The normalized spacial score (nSPS) is 11.2. The topological polar surface area (TPSA) is 68.3 Å². The second-order valence-corrected chi connectivity index (χ2v) is 7.18. The van der Waals surface area contributed by atoms with Crippen LogP contribution < -0.4 is 5.32 Å². The minimum Gasteiger partial charge on any atom is -0.451 e. The lowest BCUT2D eigenvalue weighted by Crippen LogP contribution is -2.10. The first-order valence-corrected chi connectivity index (χ1v) is 9.42. The van der Waals surface area contributed by atoms with Crippen molar-refractivity contribution in [2.75, 3.05) is 5.32 Å². The predicted octanol–water partition coefficient (Wildman–Crippen LogP) is 6.46. The molecule has 142 valence electrons. The van der Waals surface area contributed by atoms with Gasteiger partial charge in [-0.1, -0.05) is 35.9 Å². The molecule has 0 spiro atoms. The SMILES string of the molecule is Cc1ccc(-c2nc3cc(NC(=O)c4cc5ccccc5o4)ccc3o2)cc1Cl. The van der Waals surface area contributed by atoms with Crippen molar-refractivity contribution in [1.29, 1.82) is 0 Å². The molecule has 29 heavy (non-hydrogen) atoms. The van der Waals surface area contributed by atoms with E-state index in [9.17, 15) is 4.79 Å². The Morgan fingerprint density at radius 1 is 0.966 bits per heavy atom. The first-order valence-electron chi connectivity index (χ1n) is 9.04. The molecule has 5 rings (SSSR count). The van der Waals surface area contributed by atoms with Gasteiger partial charge in [-0.2, -0.15) is 0 Å². The van der Waals surface area contributed by atoms with E-state index in [2.05, 4.69) is 10.3 Å². The van der Waals surface area contributed by atoms with E-state index >= 15 is 0 Å². The zero-order valence-electron chi connectivity index (χ0n) is 15.4. The monoisotopic (exact) mass is 402 g/mol. The molecule has 5 aromatic rings. The molecule has 0 fully saturated rings. The summed E-state index contributed by atoms with van der Waals surface area (Å²) >= 11 is 6.21. The van der Waals surface area contributed by atoms with Gasteiger partial charge in [-0.25, -0.2) is 4.98 Å². The van der Waals surface area contributed by atoms with Crippen molar-refractivity contribution in [2.45, 2.75) is 6.92 Å². The number of oxazole rings is 1. The highest BCUT2D eigenvalue weighted by atomic mass is 35.5. The van der Waals surface area contributed by atoms with Gasteiger partial charge in [0.2, 0.25) is 5.89 Å². The number of aryl methyl sites for hydroxylation is 1. The Kier molecular flexibility index (Phi) is 4.11. The second kappa shape index (κ2) is 6.79. The zero-order valence-corrected chi connectivity index (χ0v) is 16.2. The van der Waals surface area contributed by atoms with Gasteiger partial charge in [-0.15, -0.1) is 0 Å². The van der Waals surface area contributed by atoms with Gasteiger partial charge in [0.15, 0.2) is 11.3 Å². The number of carbonyl (C=O) groups is 1. The van der Waals surface area contributed by atoms with Gasteiger partial charge in [0.1, 0.15) is 11.1 Å². The fourth-order valence-corrected chi connectivity index (χ4v) is 3.32. The predicted molar refractivity (Wildman–Crippen MR) is 113 cm³/mol. The van der Waals surface area contributed by atoms with Crippen LogP contribution in [0, 0.1) is 6.92 Å². The molecule has 0 aliphatic rings. The van der Waals surface area contributed by atoms with Gasteiger partial charge in [-0.05, 0) is 55.0 Å². The summed E-state index contributed by atoms with van der Waals surface area (Å²) in [5, 5.41) is 4.38. The van der Waals surface area contributed by atoms with Crippen LogP contribution in [0.25, 0.3) is 33.5 Å². The number of rotatable bonds is 3. The number of hydrogen-bond donors (Lipinski definition) is 1. The molecule has 3 aromatic carbocycles. The van der Waals surface area contributed by atoms with Crippen LogP contribution in [0.1, 0.15) is 16.1 Å². The number of anilines is 1. The third-order valence-electron chi connectivity index (χ3n) is 4.71. The summed E-state index contributed by atoms with van der Waals surface area (Å²) in [6.07, 6.45) is 0. The van der Waals surface area contributed by atoms with E-state index in [-0.39, 0.29) is 11.7 Å². The van der Waals surface area contributed by atoms with E-state index in [1.54, 1.807) is 24.3 Å². The third-order valence-corrected chi connectivity index (χ3v) is 5.12. The molecule has 1 N–H and O–H groups in total. The molecule has 0 bridgehead atoms. The Morgan fingerprint density at radius 2 is 1.83 bits per heavy atom. The van der Waals surface area contributed by atoms with Crippen LogP contribution in [0.3, 0.4) is 0 Å². The lowest BCUT2D eigenvalue weighted by atomic mass is 10.1. The van der Waals surface area contributed by atoms with Gasteiger partial charge in [0.25, 0.3) is 5.91 Å². The number of carbonyl (C=O) groups excluding carboxylic acids is 1. The first kappa shape index (κ1) is 17.5. The average molecular weight is 403 g/mol. The number of nitrogens with one attached hydrogen (secondary N) is 1. The summed E-state index contributed by atoms with van der Waals surface area (Å²) < 4.78 is 11.4. The summed E-state index contributed by atoms with van der Waals surface area (Å²) in [4.78, 5) is 17.1. The molecule has 0 radical (unpaired) electrons. The Balaban J connectivity index is 1.43. The van der Waals surface area contributed by atoms with Crippen molar-refractivity contribution in [3.63, 3.8) is 0 Å². The van der Waals surface area contributed by atoms with Gasteiger partial charge in [0.05, 0.1) is 0 Å². The van der Waals surface area contributed by atoms with Gasteiger partial charge < -0.3 is 14.2 Å². The maximum Gasteiger partial charge on any atom is 0.291 e. The van der Waals surface area contributed by atoms with Crippen LogP contribution >= 0.6 is 11.6 Å². The first-order chi connectivity index (χ1) is 14.1. The largest absolute Gasteiger partial charge is 0.451 e. The number of para-hydroxylation sites is 1. The van der Waals surface area contributed by atoms with E-state index in [0.717, 1.165) is 16.5 Å². The maximum atomic E-state index is 12.6. The zero-order chi connectivity index (χ0) is 20.0. The number of nitrogens with zero attached hydrogens (tertiary/aromatic N) is 1. The quantitative estimate of drug-likeness (QED) is 0.376. The molecule has 0 saturated heterocycles. The second-order valence-electron chi connectivity index (χ2n) is 6.77. The number of aromatic nitrogens is 1. The molecule has 0 unspecified atom stereocenters. The van der Waals surface area contributed by atoms with Crippen LogP contribution in [0.15, 0.2) is 75.6 Å². The van der Waals surface area contributed by atoms with E-state index in [4.69, 9.17) is 20.4 Å². The van der Waals surface area contributed by atoms with Gasteiger partial charge in [0, 0.05) is 21.7 Å². The minimum atomic E-state index is -0.324. The summed E-state index contributed by atoms with van der Waals surface area (Å²) in [6.45, 7) is 1.94. The Bertz CT molecular complexity index is 1350. The molecule has 2 aromatic heterocycles. The van der Waals surface area contributed by atoms with E-state index in [1.807, 2.05) is 49.4 Å². The molecule has 1 amide bonds. The third kappa shape index (κ3) is 3.26.